The van der Waals surface area contributed by atoms with Gasteiger partial charge in [0.2, 0.25) is 0 Å². The molecule has 1 aliphatic rings. The van der Waals surface area contributed by atoms with Crippen LogP contribution in [-0.2, 0) is 0 Å². The first-order chi connectivity index (χ1) is 14.0. The Bertz CT molecular complexity index is 1030. The van der Waals surface area contributed by atoms with Crippen molar-refractivity contribution in [1.29, 1.82) is 0 Å². The predicted octanol–water partition coefficient (Wildman–Crippen LogP) is 5.25. The molecule has 4 rings (SSSR count). The van der Waals surface area contributed by atoms with Crippen LogP contribution in [0.3, 0.4) is 0 Å². The number of nitrogens with one attached hydrogen (secondary N) is 1. The van der Waals surface area contributed by atoms with E-state index in [1.165, 1.54) is 12.1 Å². The third kappa shape index (κ3) is 4.26. The van der Waals surface area contributed by atoms with Crippen LogP contribution in [0.4, 0.5) is 15.8 Å². The second-order valence-corrected chi connectivity index (χ2v) is 8.32. The largest absolute Gasteiger partial charge is 0.369 e. The van der Waals surface area contributed by atoms with E-state index in [-0.39, 0.29) is 11.7 Å². The standard InChI is InChI=1S/C21H19ClFN3O2S/c1-13-19(20(25-28-13)14-2-4-15(23)5-3-14)21(27)24-16-6-7-18(17(22)12-16)26-8-10-29-11-9-26/h2-7,12H,8-11H2,1H3,(H,24,27). The van der Waals surface area contributed by atoms with Crippen molar-refractivity contribution in [3.63, 3.8) is 0 Å². The molecule has 1 fully saturated rings. The lowest BCUT2D eigenvalue weighted by Gasteiger charge is -2.29. The minimum absolute atomic E-state index is 0.310. The number of nitrogens with zero attached hydrogens (tertiary/aromatic N) is 2. The molecular formula is C21H19ClFN3O2S. The van der Waals surface area contributed by atoms with E-state index in [1.54, 1.807) is 25.1 Å². The summed E-state index contributed by atoms with van der Waals surface area (Å²) in [6.07, 6.45) is 0. The number of carbonyl (C=O) groups excluding carboxylic acids is 1. The van der Waals surface area contributed by atoms with Gasteiger partial charge in [0.25, 0.3) is 5.91 Å². The maximum atomic E-state index is 13.2. The topological polar surface area (TPSA) is 58.4 Å². The Morgan fingerprint density at radius 2 is 1.93 bits per heavy atom. The van der Waals surface area contributed by atoms with Crippen LogP contribution < -0.4 is 10.2 Å². The molecule has 29 heavy (non-hydrogen) atoms. The van der Waals surface area contributed by atoms with Crippen molar-refractivity contribution in [3.05, 3.63) is 64.6 Å². The average Bonchev–Trinajstić information content (AvgIpc) is 3.11. The van der Waals surface area contributed by atoms with E-state index in [0.29, 0.717) is 33.3 Å². The van der Waals surface area contributed by atoms with Gasteiger partial charge in [0.15, 0.2) is 0 Å². The summed E-state index contributed by atoms with van der Waals surface area (Å²) in [5.41, 5.74) is 2.84. The molecule has 2 aromatic carbocycles. The lowest BCUT2D eigenvalue weighted by Crippen LogP contribution is -2.32. The molecule has 0 aliphatic carbocycles. The van der Waals surface area contributed by atoms with Gasteiger partial charge in [0.05, 0.1) is 10.7 Å². The zero-order valence-corrected chi connectivity index (χ0v) is 17.3. The summed E-state index contributed by atoms with van der Waals surface area (Å²) >= 11 is 8.41. The Morgan fingerprint density at radius 1 is 1.21 bits per heavy atom. The van der Waals surface area contributed by atoms with Gasteiger partial charge in [-0.1, -0.05) is 16.8 Å². The number of halogens is 2. The van der Waals surface area contributed by atoms with E-state index in [4.69, 9.17) is 16.1 Å². The van der Waals surface area contributed by atoms with Crippen molar-refractivity contribution >= 4 is 40.6 Å². The maximum absolute atomic E-state index is 13.2. The first kappa shape index (κ1) is 19.8. The number of anilines is 2. The van der Waals surface area contributed by atoms with Crippen LogP contribution >= 0.6 is 23.4 Å². The number of hydrogen-bond donors (Lipinski definition) is 1. The van der Waals surface area contributed by atoms with Crippen LogP contribution in [0.25, 0.3) is 11.3 Å². The Hall–Kier alpha value is -2.51. The van der Waals surface area contributed by atoms with Gasteiger partial charge in [-0.25, -0.2) is 4.39 Å². The molecule has 1 aromatic heterocycles. The van der Waals surface area contributed by atoms with Gasteiger partial charge in [-0.2, -0.15) is 11.8 Å². The molecule has 0 saturated carbocycles. The van der Waals surface area contributed by atoms with E-state index in [2.05, 4.69) is 15.4 Å². The third-order valence-electron chi connectivity index (χ3n) is 4.76. The number of carbonyl (C=O) groups is 1. The van der Waals surface area contributed by atoms with Gasteiger partial charge in [-0.05, 0) is 49.4 Å². The molecule has 2 heterocycles. The van der Waals surface area contributed by atoms with Crippen LogP contribution in [0.15, 0.2) is 47.0 Å². The summed E-state index contributed by atoms with van der Waals surface area (Å²) in [6.45, 7) is 3.58. The summed E-state index contributed by atoms with van der Waals surface area (Å²) in [4.78, 5) is 15.2. The Kier molecular flexibility index (Phi) is 5.78. The van der Waals surface area contributed by atoms with Crippen molar-refractivity contribution in [2.45, 2.75) is 6.92 Å². The van der Waals surface area contributed by atoms with E-state index >= 15 is 0 Å². The number of aryl methyl sites for hydroxylation is 1. The van der Waals surface area contributed by atoms with E-state index in [1.807, 2.05) is 23.9 Å². The Labute approximate surface area is 177 Å². The normalized spacial score (nSPS) is 14.1. The fraction of sp³-hybridized carbons (Fsp3) is 0.238. The molecule has 0 unspecified atom stereocenters. The lowest BCUT2D eigenvalue weighted by molar-refractivity contribution is 0.102. The van der Waals surface area contributed by atoms with Gasteiger partial charge in [-0.15, -0.1) is 0 Å². The van der Waals surface area contributed by atoms with E-state index in [0.717, 1.165) is 30.3 Å². The number of benzene rings is 2. The molecule has 5 nitrogen and oxygen atoms in total. The highest BCUT2D eigenvalue weighted by Gasteiger charge is 2.22. The maximum Gasteiger partial charge on any atom is 0.261 e. The van der Waals surface area contributed by atoms with E-state index < -0.39 is 0 Å². The fourth-order valence-corrected chi connectivity index (χ4v) is 4.49. The predicted molar refractivity (Wildman–Crippen MR) is 116 cm³/mol. The third-order valence-corrected chi connectivity index (χ3v) is 6.01. The molecule has 0 bridgehead atoms. The van der Waals surface area contributed by atoms with Gasteiger partial charge < -0.3 is 14.7 Å². The summed E-state index contributed by atoms with van der Waals surface area (Å²) in [7, 11) is 0. The van der Waals surface area contributed by atoms with E-state index in [9.17, 15) is 9.18 Å². The molecule has 0 spiro atoms. The number of aromatic nitrogens is 1. The second-order valence-electron chi connectivity index (χ2n) is 6.69. The van der Waals surface area contributed by atoms with Crippen LogP contribution in [0.2, 0.25) is 5.02 Å². The molecule has 1 amide bonds. The van der Waals surface area contributed by atoms with Crippen LogP contribution in [0.5, 0.6) is 0 Å². The number of amides is 1. The highest BCUT2D eigenvalue weighted by molar-refractivity contribution is 7.99. The summed E-state index contributed by atoms with van der Waals surface area (Å²) < 4.78 is 18.4. The minimum atomic E-state index is -0.360. The first-order valence-electron chi connectivity index (χ1n) is 9.19. The average molecular weight is 432 g/mol. The molecule has 3 aromatic rings. The van der Waals surface area contributed by atoms with Crippen molar-refractivity contribution in [1.82, 2.24) is 5.16 Å². The van der Waals surface area contributed by atoms with Gasteiger partial charge >= 0.3 is 0 Å². The SMILES string of the molecule is Cc1onc(-c2ccc(F)cc2)c1C(=O)Nc1ccc(N2CCSCC2)c(Cl)c1. The number of hydrogen-bond acceptors (Lipinski definition) is 5. The molecular weight excluding hydrogens is 413 g/mol. The minimum Gasteiger partial charge on any atom is -0.369 e. The molecule has 0 radical (unpaired) electrons. The lowest BCUT2D eigenvalue weighted by atomic mass is 10.1. The Morgan fingerprint density at radius 3 is 2.62 bits per heavy atom. The first-order valence-corrected chi connectivity index (χ1v) is 10.7. The fourth-order valence-electron chi connectivity index (χ4n) is 3.28. The van der Waals surface area contributed by atoms with Gasteiger partial charge in [0.1, 0.15) is 22.8 Å². The van der Waals surface area contributed by atoms with Crippen molar-refractivity contribution in [2.24, 2.45) is 0 Å². The highest BCUT2D eigenvalue weighted by atomic mass is 35.5. The Balaban J connectivity index is 1.56. The summed E-state index contributed by atoms with van der Waals surface area (Å²) in [5, 5.41) is 7.43. The summed E-state index contributed by atoms with van der Waals surface area (Å²) in [6, 6.07) is 11.3. The molecule has 150 valence electrons. The van der Waals surface area contributed by atoms with Crippen molar-refractivity contribution in [2.75, 3.05) is 34.8 Å². The molecule has 0 atom stereocenters. The zero-order valence-electron chi connectivity index (χ0n) is 15.7. The second kappa shape index (κ2) is 8.47. The van der Waals surface area contributed by atoms with Crippen LogP contribution in [0, 0.1) is 12.7 Å². The van der Waals surface area contributed by atoms with Crippen molar-refractivity contribution in [3.8, 4) is 11.3 Å². The van der Waals surface area contributed by atoms with Crippen molar-refractivity contribution < 1.29 is 13.7 Å². The van der Waals surface area contributed by atoms with Crippen LogP contribution in [-0.4, -0.2) is 35.7 Å². The summed E-state index contributed by atoms with van der Waals surface area (Å²) in [5.74, 6) is 1.82. The molecule has 1 N–H and O–H groups in total. The number of rotatable bonds is 4. The number of thioether (sulfide) groups is 1. The smallest absolute Gasteiger partial charge is 0.261 e. The zero-order chi connectivity index (χ0) is 20.4. The highest BCUT2D eigenvalue weighted by Crippen LogP contribution is 2.31. The quantitative estimate of drug-likeness (QED) is 0.611. The molecule has 1 aliphatic heterocycles. The van der Waals surface area contributed by atoms with Gasteiger partial charge in [-0.3, -0.25) is 4.79 Å². The molecule has 8 heteroatoms. The molecule has 1 saturated heterocycles. The van der Waals surface area contributed by atoms with Crippen LogP contribution in [0.1, 0.15) is 16.1 Å². The monoisotopic (exact) mass is 431 g/mol. The van der Waals surface area contributed by atoms with Gasteiger partial charge in [0, 0.05) is 35.8 Å².